The zero-order valence-corrected chi connectivity index (χ0v) is 13.8. The highest BCUT2D eigenvalue weighted by molar-refractivity contribution is 5.84. The van der Waals surface area contributed by atoms with E-state index in [1.54, 1.807) is 6.92 Å². The van der Waals surface area contributed by atoms with Gasteiger partial charge >= 0.3 is 5.97 Å². The maximum atomic E-state index is 12.1. The lowest BCUT2D eigenvalue weighted by Crippen LogP contribution is -2.40. The fraction of sp³-hybridized carbons (Fsp3) is 0.800. The second-order valence-electron chi connectivity index (χ2n) is 5.88. The fourth-order valence-corrected chi connectivity index (χ4v) is 1.63. The van der Waals surface area contributed by atoms with Crippen molar-refractivity contribution in [3.63, 3.8) is 0 Å². The quantitative estimate of drug-likeness (QED) is 0.686. The van der Waals surface area contributed by atoms with Gasteiger partial charge in [-0.25, -0.2) is 0 Å². The van der Waals surface area contributed by atoms with Crippen LogP contribution < -0.4 is 5.32 Å². The number of carbonyl (C=O) groups is 3. The Morgan fingerprint density at radius 1 is 1.14 bits per heavy atom. The van der Waals surface area contributed by atoms with Crippen molar-refractivity contribution in [1.82, 2.24) is 10.2 Å². The van der Waals surface area contributed by atoms with Gasteiger partial charge in [0.15, 0.2) is 0 Å². The first-order chi connectivity index (χ1) is 9.72. The first-order valence-electron chi connectivity index (χ1n) is 7.44. The van der Waals surface area contributed by atoms with Gasteiger partial charge in [0.05, 0.1) is 6.61 Å². The summed E-state index contributed by atoms with van der Waals surface area (Å²) in [6, 6.07) is 0. The van der Waals surface area contributed by atoms with Gasteiger partial charge < -0.3 is 15.0 Å². The van der Waals surface area contributed by atoms with E-state index in [-0.39, 0.29) is 31.3 Å². The molecule has 2 amide bonds. The van der Waals surface area contributed by atoms with Crippen LogP contribution >= 0.6 is 0 Å². The van der Waals surface area contributed by atoms with Gasteiger partial charge in [-0.1, -0.05) is 27.7 Å². The van der Waals surface area contributed by atoms with E-state index in [1.165, 1.54) is 4.90 Å². The van der Waals surface area contributed by atoms with Gasteiger partial charge in [0.2, 0.25) is 11.8 Å². The SMILES string of the molecule is CCCN(CC(=O)OCC)C(=O)CCNC(=O)C(C)(C)C. The Labute approximate surface area is 127 Å². The summed E-state index contributed by atoms with van der Waals surface area (Å²) in [4.78, 5) is 36.7. The van der Waals surface area contributed by atoms with Crippen LogP contribution in [0.1, 0.15) is 47.5 Å². The fourth-order valence-electron chi connectivity index (χ4n) is 1.63. The molecule has 0 heterocycles. The van der Waals surface area contributed by atoms with E-state index in [1.807, 2.05) is 27.7 Å². The summed E-state index contributed by atoms with van der Waals surface area (Å²) in [5.41, 5.74) is -0.475. The van der Waals surface area contributed by atoms with Crippen LogP contribution in [-0.4, -0.2) is 48.9 Å². The van der Waals surface area contributed by atoms with Crippen molar-refractivity contribution in [3.05, 3.63) is 0 Å². The van der Waals surface area contributed by atoms with Crippen LogP contribution in [0.15, 0.2) is 0 Å². The predicted molar refractivity (Wildman–Crippen MR) is 80.6 cm³/mol. The standard InChI is InChI=1S/C15H28N2O4/c1-6-10-17(11-13(19)21-7-2)12(18)8-9-16-14(20)15(3,4)5/h6-11H2,1-5H3,(H,16,20). The largest absolute Gasteiger partial charge is 0.465 e. The van der Waals surface area contributed by atoms with E-state index in [9.17, 15) is 14.4 Å². The third-order valence-corrected chi connectivity index (χ3v) is 2.78. The van der Waals surface area contributed by atoms with Crippen LogP contribution in [0.2, 0.25) is 0 Å². The Bertz CT molecular complexity index is 361. The molecule has 0 saturated heterocycles. The number of hydrogen-bond donors (Lipinski definition) is 1. The molecule has 0 atom stereocenters. The average molecular weight is 300 g/mol. The maximum Gasteiger partial charge on any atom is 0.325 e. The molecule has 0 fully saturated rings. The maximum absolute atomic E-state index is 12.1. The number of amides is 2. The van der Waals surface area contributed by atoms with Crippen LogP contribution in [0.5, 0.6) is 0 Å². The van der Waals surface area contributed by atoms with Crippen LogP contribution in [0.25, 0.3) is 0 Å². The van der Waals surface area contributed by atoms with Crippen molar-refractivity contribution in [2.75, 3.05) is 26.2 Å². The van der Waals surface area contributed by atoms with Crippen LogP contribution in [0.3, 0.4) is 0 Å². The molecule has 0 aromatic carbocycles. The van der Waals surface area contributed by atoms with E-state index in [0.717, 1.165) is 6.42 Å². The van der Waals surface area contributed by atoms with E-state index in [4.69, 9.17) is 4.74 Å². The van der Waals surface area contributed by atoms with Gasteiger partial charge in [0.25, 0.3) is 0 Å². The van der Waals surface area contributed by atoms with Crippen molar-refractivity contribution in [3.8, 4) is 0 Å². The molecule has 6 heteroatoms. The summed E-state index contributed by atoms with van der Waals surface area (Å²) in [5, 5.41) is 2.73. The lowest BCUT2D eigenvalue weighted by atomic mass is 9.96. The summed E-state index contributed by atoms with van der Waals surface area (Å²) in [6.45, 7) is 10.2. The minimum Gasteiger partial charge on any atom is -0.465 e. The monoisotopic (exact) mass is 300 g/mol. The van der Waals surface area contributed by atoms with Crippen LogP contribution in [-0.2, 0) is 19.1 Å². The topological polar surface area (TPSA) is 75.7 Å². The van der Waals surface area contributed by atoms with E-state index >= 15 is 0 Å². The molecule has 0 spiro atoms. The molecule has 0 rings (SSSR count). The predicted octanol–water partition coefficient (Wildman–Crippen LogP) is 1.34. The Kier molecular flexibility index (Phi) is 8.66. The minimum atomic E-state index is -0.475. The van der Waals surface area contributed by atoms with Crippen molar-refractivity contribution in [2.24, 2.45) is 5.41 Å². The molecule has 0 aliphatic carbocycles. The smallest absolute Gasteiger partial charge is 0.325 e. The number of rotatable bonds is 8. The molecular formula is C15H28N2O4. The highest BCUT2D eigenvalue weighted by Crippen LogP contribution is 2.12. The Hall–Kier alpha value is -1.59. The molecule has 0 aliphatic rings. The van der Waals surface area contributed by atoms with Gasteiger partial charge in [-0.2, -0.15) is 0 Å². The van der Waals surface area contributed by atoms with Gasteiger partial charge in [0.1, 0.15) is 6.54 Å². The molecule has 0 aromatic heterocycles. The first-order valence-corrected chi connectivity index (χ1v) is 7.44. The van der Waals surface area contributed by atoms with Gasteiger partial charge in [0, 0.05) is 24.9 Å². The molecule has 0 bridgehead atoms. The van der Waals surface area contributed by atoms with Crippen molar-refractivity contribution >= 4 is 17.8 Å². The van der Waals surface area contributed by atoms with Gasteiger partial charge in [-0.3, -0.25) is 14.4 Å². The molecule has 0 saturated carbocycles. The lowest BCUT2D eigenvalue weighted by Gasteiger charge is -2.22. The average Bonchev–Trinajstić information content (AvgIpc) is 2.37. The third kappa shape index (κ3) is 8.32. The molecule has 21 heavy (non-hydrogen) atoms. The van der Waals surface area contributed by atoms with Crippen LogP contribution in [0.4, 0.5) is 0 Å². The normalized spacial score (nSPS) is 10.9. The number of esters is 1. The highest BCUT2D eigenvalue weighted by Gasteiger charge is 2.22. The number of nitrogens with zero attached hydrogens (tertiary/aromatic N) is 1. The lowest BCUT2D eigenvalue weighted by molar-refractivity contribution is -0.149. The summed E-state index contributed by atoms with van der Waals surface area (Å²) in [7, 11) is 0. The molecule has 0 aromatic rings. The van der Waals surface area contributed by atoms with Crippen molar-refractivity contribution < 1.29 is 19.1 Å². The Morgan fingerprint density at radius 3 is 2.24 bits per heavy atom. The highest BCUT2D eigenvalue weighted by atomic mass is 16.5. The zero-order chi connectivity index (χ0) is 16.5. The number of carbonyl (C=O) groups excluding carboxylic acids is 3. The molecule has 6 nitrogen and oxygen atoms in total. The molecular weight excluding hydrogens is 272 g/mol. The first kappa shape index (κ1) is 19.4. The summed E-state index contributed by atoms with van der Waals surface area (Å²) in [5.74, 6) is -0.653. The Morgan fingerprint density at radius 2 is 1.76 bits per heavy atom. The number of ether oxygens (including phenoxy) is 1. The van der Waals surface area contributed by atoms with Crippen LogP contribution in [0, 0.1) is 5.41 Å². The second kappa shape index (κ2) is 9.37. The molecule has 122 valence electrons. The van der Waals surface area contributed by atoms with Crippen molar-refractivity contribution in [1.29, 1.82) is 0 Å². The summed E-state index contributed by atoms with van der Waals surface area (Å²) < 4.78 is 4.85. The molecule has 0 unspecified atom stereocenters. The second-order valence-corrected chi connectivity index (χ2v) is 5.88. The Balaban J connectivity index is 4.30. The van der Waals surface area contributed by atoms with E-state index < -0.39 is 11.4 Å². The zero-order valence-electron chi connectivity index (χ0n) is 13.8. The third-order valence-electron chi connectivity index (χ3n) is 2.78. The van der Waals surface area contributed by atoms with E-state index in [0.29, 0.717) is 13.2 Å². The minimum absolute atomic E-state index is 0.0340. The van der Waals surface area contributed by atoms with Crippen molar-refractivity contribution in [2.45, 2.75) is 47.5 Å². The molecule has 0 aliphatic heterocycles. The summed E-state index contributed by atoms with van der Waals surface area (Å²) >= 11 is 0. The van der Waals surface area contributed by atoms with E-state index in [2.05, 4.69) is 5.32 Å². The molecule has 0 radical (unpaired) electrons. The summed E-state index contributed by atoms with van der Waals surface area (Å²) in [6.07, 6.45) is 0.945. The molecule has 1 N–H and O–H groups in total. The number of nitrogens with one attached hydrogen (secondary N) is 1. The van der Waals surface area contributed by atoms with Gasteiger partial charge in [-0.05, 0) is 13.3 Å². The number of hydrogen-bond acceptors (Lipinski definition) is 4. The van der Waals surface area contributed by atoms with Gasteiger partial charge in [-0.15, -0.1) is 0 Å².